The lowest BCUT2D eigenvalue weighted by molar-refractivity contribution is -0.144. The van der Waals surface area contributed by atoms with E-state index in [0.717, 1.165) is 36.1 Å². The molecule has 3 heterocycles. The van der Waals surface area contributed by atoms with Crippen molar-refractivity contribution in [3.05, 3.63) is 23.8 Å². The van der Waals surface area contributed by atoms with Gasteiger partial charge in [-0.1, -0.05) is 19.4 Å². The van der Waals surface area contributed by atoms with Crippen LogP contribution in [0.1, 0.15) is 56.9 Å². The van der Waals surface area contributed by atoms with Crippen LogP contribution in [0.4, 0.5) is 4.79 Å². The number of urea groups is 1. The van der Waals surface area contributed by atoms with Crippen LogP contribution in [-0.4, -0.2) is 114 Å². The molecule has 0 unspecified atom stereocenters. The van der Waals surface area contributed by atoms with Crippen LogP contribution in [0.2, 0.25) is 0 Å². The quantitative estimate of drug-likeness (QED) is 0.319. The van der Waals surface area contributed by atoms with Crippen LogP contribution >= 0.6 is 0 Å². The Balaban J connectivity index is 1.57. The van der Waals surface area contributed by atoms with E-state index < -0.39 is 17.9 Å². The molecule has 3 aliphatic rings. The normalized spacial score (nSPS) is 22.5. The fraction of sp³-hybridized carbons (Fsp3) is 0.655. The number of unbranched alkanes of at least 4 members (excludes halogenated alkanes) is 2. The van der Waals surface area contributed by atoms with Crippen molar-refractivity contribution in [1.29, 1.82) is 0 Å². The molecule has 1 aromatic carbocycles. The first-order chi connectivity index (χ1) is 19.7. The van der Waals surface area contributed by atoms with Gasteiger partial charge in [-0.15, -0.1) is 0 Å². The van der Waals surface area contributed by atoms with Gasteiger partial charge in [0, 0.05) is 58.2 Å². The fourth-order valence-electron chi connectivity index (χ4n) is 6.07. The average Bonchev–Trinajstić information content (AvgIpc) is 3.57. The summed E-state index contributed by atoms with van der Waals surface area (Å²) in [5.74, 6) is -1.20. The molecule has 3 atom stereocenters. The first kappa shape index (κ1) is 30.6. The Morgan fingerprint density at radius 3 is 2.61 bits per heavy atom. The highest BCUT2D eigenvalue weighted by Gasteiger charge is 2.47. The molecule has 0 aromatic heterocycles. The van der Waals surface area contributed by atoms with Crippen LogP contribution < -0.4 is 15.2 Å². The Bertz CT molecular complexity index is 1120. The highest BCUT2D eigenvalue weighted by molar-refractivity contribution is 5.96. The summed E-state index contributed by atoms with van der Waals surface area (Å²) >= 11 is 0. The lowest BCUT2D eigenvalue weighted by atomic mass is 9.84. The number of benzene rings is 1. The molecule has 4 amide bonds. The maximum atomic E-state index is 13.6. The molecule has 0 aliphatic carbocycles. The Morgan fingerprint density at radius 2 is 1.88 bits per heavy atom. The van der Waals surface area contributed by atoms with Gasteiger partial charge in [-0.3, -0.25) is 24.2 Å². The van der Waals surface area contributed by atoms with E-state index in [-0.39, 0.29) is 43.5 Å². The number of imide groups is 1. The summed E-state index contributed by atoms with van der Waals surface area (Å²) in [6.07, 6.45) is 4.08. The minimum Gasteiger partial charge on any atom is -0.481 e. The third-order valence-electron chi connectivity index (χ3n) is 8.43. The molecule has 0 radical (unpaired) electrons. The van der Waals surface area contributed by atoms with E-state index in [2.05, 4.69) is 6.92 Å². The third kappa shape index (κ3) is 7.10. The number of hydrogen-bond acceptors (Lipinski definition) is 8. The van der Waals surface area contributed by atoms with E-state index in [0.29, 0.717) is 57.2 Å². The molecule has 1 aromatic rings. The van der Waals surface area contributed by atoms with Gasteiger partial charge >= 0.3 is 12.0 Å². The molecule has 0 saturated carbocycles. The van der Waals surface area contributed by atoms with E-state index in [1.807, 2.05) is 21.9 Å². The Kier molecular flexibility index (Phi) is 10.4. The average molecular weight is 574 g/mol. The molecule has 3 N–H and O–H groups in total. The van der Waals surface area contributed by atoms with Crippen LogP contribution in [0.3, 0.4) is 0 Å². The molecule has 0 bridgehead atoms. The minimum atomic E-state index is -0.948. The number of carbonyl (C=O) groups is 4. The molecule has 41 heavy (non-hydrogen) atoms. The predicted octanol–water partition coefficient (Wildman–Crippen LogP) is 1.93. The van der Waals surface area contributed by atoms with Crippen molar-refractivity contribution in [1.82, 2.24) is 19.6 Å². The van der Waals surface area contributed by atoms with Crippen LogP contribution in [0.15, 0.2) is 18.2 Å². The van der Waals surface area contributed by atoms with Gasteiger partial charge in [0.15, 0.2) is 11.5 Å². The molecule has 4 rings (SSSR count). The van der Waals surface area contributed by atoms with Crippen molar-refractivity contribution in [3.63, 3.8) is 0 Å². The molecular formula is C29H43N5O7. The van der Waals surface area contributed by atoms with Crippen molar-refractivity contribution < 1.29 is 33.8 Å². The summed E-state index contributed by atoms with van der Waals surface area (Å²) in [6.45, 7) is 5.09. The third-order valence-corrected chi connectivity index (χ3v) is 8.43. The number of nitrogens with two attached hydrogens (primary N) is 1. The number of carbonyl (C=O) groups excluding carboxylic acids is 3. The van der Waals surface area contributed by atoms with E-state index in [4.69, 9.17) is 15.2 Å². The van der Waals surface area contributed by atoms with Crippen molar-refractivity contribution in [3.8, 4) is 11.5 Å². The van der Waals surface area contributed by atoms with Crippen molar-refractivity contribution in [2.24, 2.45) is 11.7 Å². The summed E-state index contributed by atoms with van der Waals surface area (Å²) in [5, 5.41) is 10.5. The summed E-state index contributed by atoms with van der Waals surface area (Å²) in [4.78, 5) is 57.6. The van der Waals surface area contributed by atoms with E-state index in [1.165, 1.54) is 7.05 Å². The first-order valence-corrected chi connectivity index (χ1v) is 14.6. The van der Waals surface area contributed by atoms with Crippen molar-refractivity contribution in [2.45, 2.75) is 57.4 Å². The zero-order valence-corrected chi connectivity index (χ0v) is 24.1. The van der Waals surface area contributed by atoms with Gasteiger partial charge in [0.1, 0.15) is 0 Å². The van der Waals surface area contributed by atoms with Crippen molar-refractivity contribution in [2.75, 3.05) is 59.7 Å². The van der Waals surface area contributed by atoms with E-state index in [9.17, 15) is 24.3 Å². The Labute approximate surface area is 241 Å². The van der Waals surface area contributed by atoms with E-state index in [1.54, 1.807) is 11.0 Å². The number of fused-ring (bicyclic) bond motifs is 1. The molecule has 2 fully saturated rings. The highest BCUT2D eigenvalue weighted by Crippen LogP contribution is 2.42. The summed E-state index contributed by atoms with van der Waals surface area (Å²) in [6, 6.07) is 4.63. The number of ether oxygens (including phenoxy) is 2. The van der Waals surface area contributed by atoms with Gasteiger partial charge in [-0.2, -0.15) is 0 Å². The molecule has 12 nitrogen and oxygen atoms in total. The number of hydrogen-bond donors (Lipinski definition) is 2. The maximum Gasteiger partial charge on any atom is 0.326 e. The summed E-state index contributed by atoms with van der Waals surface area (Å²) < 4.78 is 11.0. The molecule has 12 heteroatoms. The monoisotopic (exact) mass is 573 g/mol. The molecule has 226 valence electrons. The number of nitrogens with zero attached hydrogens (tertiary/aromatic N) is 4. The number of amides is 4. The van der Waals surface area contributed by atoms with Crippen LogP contribution in [-0.2, 0) is 14.4 Å². The van der Waals surface area contributed by atoms with Gasteiger partial charge in [0.2, 0.25) is 18.6 Å². The summed E-state index contributed by atoms with van der Waals surface area (Å²) in [5.41, 5.74) is 6.49. The fourth-order valence-corrected chi connectivity index (χ4v) is 6.07. The molecule has 0 spiro atoms. The summed E-state index contributed by atoms with van der Waals surface area (Å²) in [7, 11) is 1.46. The van der Waals surface area contributed by atoms with Gasteiger partial charge in [0.25, 0.3) is 0 Å². The zero-order valence-electron chi connectivity index (χ0n) is 24.1. The smallest absolute Gasteiger partial charge is 0.326 e. The molecule has 3 aliphatic heterocycles. The van der Waals surface area contributed by atoms with Crippen LogP contribution in [0, 0.1) is 5.92 Å². The lowest BCUT2D eigenvalue weighted by Crippen LogP contribution is -2.52. The second kappa shape index (κ2) is 14.0. The topological polar surface area (TPSA) is 146 Å². The number of aliphatic carboxylic acids is 1. The van der Waals surface area contributed by atoms with Crippen LogP contribution in [0.5, 0.6) is 11.5 Å². The number of rotatable bonds is 14. The molecule has 2 saturated heterocycles. The number of carboxylic acid groups (broad SMARTS) is 1. The van der Waals surface area contributed by atoms with Crippen molar-refractivity contribution >= 4 is 23.8 Å². The van der Waals surface area contributed by atoms with Gasteiger partial charge in [-0.05, 0) is 49.9 Å². The van der Waals surface area contributed by atoms with Gasteiger partial charge < -0.3 is 30.1 Å². The van der Waals surface area contributed by atoms with Gasteiger partial charge in [-0.25, -0.2) is 4.79 Å². The standard InChI is InChI=1S/C29H43N5O7/c1-3-4-12-32(13-6-5-11-30)26(36)18-34-17-21(20-7-8-23-24(16-20)41-19-40-23)27(28(37)38)22(34)9-14-33-15-10-25(35)31(2)29(33)39/h7-8,16,21-22,27H,3-6,9-15,17-19,30H2,1-2H3,(H,37,38)/t21-,22+,27-/m1/s1. The SMILES string of the molecule is CCCCN(CCCCN)C(=O)CN1C[C@H](c2ccc3c(c2)OCO3)[C@@H](C(=O)O)[C@@H]1CCN1CCC(=O)N(C)C1=O. The largest absolute Gasteiger partial charge is 0.481 e. The zero-order chi connectivity index (χ0) is 29.5. The first-order valence-electron chi connectivity index (χ1n) is 14.6. The molecular weight excluding hydrogens is 530 g/mol. The second-order valence-electron chi connectivity index (χ2n) is 11.1. The van der Waals surface area contributed by atoms with Crippen LogP contribution in [0.25, 0.3) is 0 Å². The number of likely N-dealkylation sites (tertiary alicyclic amines) is 1. The Hall–Kier alpha value is -3.38. The Morgan fingerprint density at radius 1 is 1.12 bits per heavy atom. The maximum absolute atomic E-state index is 13.6. The lowest BCUT2D eigenvalue weighted by Gasteiger charge is -2.34. The number of carboxylic acids is 1. The highest BCUT2D eigenvalue weighted by atomic mass is 16.7. The predicted molar refractivity (Wildman–Crippen MR) is 151 cm³/mol. The van der Waals surface area contributed by atoms with Gasteiger partial charge in [0.05, 0.1) is 12.5 Å². The second-order valence-corrected chi connectivity index (χ2v) is 11.1. The minimum absolute atomic E-state index is 0.0321. The van der Waals surface area contributed by atoms with E-state index >= 15 is 0 Å².